The molecule has 0 saturated carbocycles. The quantitative estimate of drug-likeness (QED) is 0.138. The lowest BCUT2D eigenvalue weighted by atomic mass is 10.2. The summed E-state index contributed by atoms with van der Waals surface area (Å²) in [7, 11) is 3.00. The molecule has 0 aliphatic rings. The van der Waals surface area contributed by atoms with Gasteiger partial charge in [-0.05, 0) is 59.7 Å². The van der Waals surface area contributed by atoms with E-state index in [1.807, 2.05) is 86.6 Å². The van der Waals surface area contributed by atoms with Crippen LogP contribution in [-0.2, 0) is 0 Å². The fourth-order valence-electron chi connectivity index (χ4n) is 5.25. The minimum Gasteiger partial charge on any atom is -0.269 e. The van der Waals surface area contributed by atoms with Crippen LogP contribution in [0.15, 0.2) is 132 Å². The van der Waals surface area contributed by atoms with Crippen molar-refractivity contribution in [1.82, 2.24) is 39.5 Å². The number of hydrogen-bond acceptors (Lipinski definition) is 10. The number of benzene rings is 4. The van der Waals surface area contributed by atoms with Crippen molar-refractivity contribution < 1.29 is 0 Å². The first kappa shape index (κ1) is 30.5. The van der Waals surface area contributed by atoms with Gasteiger partial charge in [0.1, 0.15) is 10.0 Å². The largest absolute Gasteiger partial charge is 0.269 e. The van der Waals surface area contributed by atoms with Crippen molar-refractivity contribution in [3.05, 3.63) is 133 Å². The highest BCUT2D eigenvalue weighted by molar-refractivity contribution is 8.76. The first-order chi connectivity index (χ1) is 23.6. The molecule has 0 aliphatic heterocycles. The van der Waals surface area contributed by atoms with Gasteiger partial charge in [0.05, 0.1) is 21.1 Å². The second-order valence-electron chi connectivity index (χ2n) is 10.7. The zero-order valence-electron chi connectivity index (χ0n) is 25.8. The van der Waals surface area contributed by atoms with Crippen LogP contribution in [0.1, 0.15) is 11.4 Å². The molecular weight excluding hydrogens is 673 g/mol. The SMILES string of the molecule is Cc1nc(-c2ccccc2)sc1-c1nnc(SSc2nnc(-c3sc(-c4ccccc4)nc3C)n2-c2ccccc2)n1-c1ccccc1. The summed E-state index contributed by atoms with van der Waals surface area (Å²) in [5, 5.41) is 22.2. The van der Waals surface area contributed by atoms with E-state index in [9.17, 15) is 0 Å². The summed E-state index contributed by atoms with van der Waals surface area (Å²) in [6.07, 6.45) is 0. The number of nitrogens with zero attached hydrogens (tertiary/aromatic N) is 8. The normalized spacial score (nSPS) is 11.3. The van der Waals surface area contributed by atoms with Crippen molar-refractivity contribution in [3.63, 3.8) is 0 Å². The fourth-order valence-corrected chi connectivity index (χ4v) is 9.27. The first-order valence-electron chi connectivity index (χ1n) is 15.1. The molecule has 48 heavy (non-hydrogen) atoms. The molecule has 0 unspecified atom stereocenters. The zero-order valence-corrected chi connectivity index (χ0v) is 29.0. The summed E-state index contributed by atoms with van der Waals surface area (Å²) in [5.41, 5.74) is 5.92. The minimum absolute atomic E-state index is 0.722. The number of aryl methyl sites for hydroxylation is 2. The van der Waals surface area contributed by atoms with Gasteiger partial charge in [-0.3, -0.25) is 9.13 Å². The topological polar surface area (TPSA) is 87.2 Å². The Hall–Kier alpha value is -4.88. The molecule has 8 nitrogen and oxygen atoms in total. The predicted octanol–water partition coefficient (Wildman–Crippen LogP) is 9.85. The average molecular weight is 699 g/mol. The van der Waals surface area contributed by atoms with Gasteiger partial charge in [-0.1, -0.05) is 97.1 Å². The first-order valence-corrected chi connectivity index (χ1v) is 18.8. The van der Waals surface area contributed by atoms with Crippen LogP contribution in [0, 0.1) is 13.8 Å². The molecule has 0 amide bonds. The molecule has 12 heteroatoms. The third kappa shape index (κ3) is 5.88. The molecule has 4 aromatic heterocycles. The van der Waals surface area contributed by atoms with Gasteiger partial charge in [-0.15, -0.1) is 43.1 Å². The molecule has 0 saturated heterocycles. The molecule has 0 N–H and O–H groups in total. The molecular formula is C36H26N8S4. The van der Waals surface area contributed by atoms with Crippen molar-refractivity contribution in [3.8, 4) is 53.9 Å². The highest BCUT2D eigenvalue weighted by Crippen LogP contribution is 2.43. The van der Waals surface area contributed by atoms with Crippen molar-refractivity contribution in [2.45, 2.75) is 24.2 Å². The maximum absolute atomic E-state index is 4.90. The summed E-state index contributed by atoms with van der Waals surface area (Å²) >= 11 is 3.25. The molecule has 4 heterocycles. The van der Waals surface area contributed by atoms with Crippen LogP contribution in [0.5, 0.6) is 0 Å². The molecule has 0 radical (unpaired) electrons. The van der Waals surface area contributed by atoms with Gasteiger partial charge in [0.15, 0.2) is 11.6 Å². The molecule has 0 aliphatic carbocycles. The lowest BCUT2D eigenvalue weighted by Gasteiger charge is -2.11. The van der Waals surface area contributed by atoms with E-state index in [1.54, 1.807) is 22.7 Å². The molecule has 0 spiro atoms. The Kier molecular flexibility index (Phi) is 8.45. The van der Waals surface area contributed by atoms with Gasteiger partial charge in [0, 0.05) is 22.5 Å². The monoisotopic (exact) mass is 698 g/mol. The van der Waals surface area contributed by atoms with Crippen LogP contribution in [0.4, 0.5) is 0 Å². The van der Waals surface area contributed by atoms with Crippen LogP contribution in [-0.4, -0.2) is 39.5 Å². The van der Waals surface area contributed by atoms with Gasteiger partial charge in [-0.25, -0.2) is 9.97 Å². The standard InChI is InChI=1S/C36H26N8S4/c1-23-29(45-33(37-23)25-15-7-3-8-16-25)31-39-41-35(43(31)27-19-11-5-12-20-27)47-48-36-42-40-32(44(36)28-21-13-6-14-22-28)30-24(2)38-34(46-30)26-17-9-4-10-18-26/h3-22H,1-2H3. The smallest absolute Gasteiger partial charge is 0.207 e. The highest BCUT2D eigenvalue weighted by Gasteiger charge is 2.25. The average Bonchev–Trinajstić information content (AvgIpc) is 3.93. The van der Waals surface area contributed by atoms with Crippen LogP contribution in [0.25, 0.3) is 53.9 Å². The van der Waals surface area contributed by atoms with Gasteiger partial charge in [0.2, 0.25) is 10.3 Å². The van der Waals surface area contributed by atoms with E-state index in [2.05, 4.69) is 57.7 Å². The summed E-state index contributed by atoms with van der Waals surface area (Å²) in [5.74, 6) is 1.50. The maximum atomic E-state index is 4.90. The number of rotatable bonds is 9. The fraction of sp³-hybridized carbons (Fsp3) is 0.0556. The third-order valence-electron chi connectivity index (χ3n) is 7.53. The molecule has 0 bridgehead atoms. The van der Waals surface area contributed by atoms with Crippen molar-refractivity contribution in [2.24, 2.45) is 0 Å². The maximum Gasteiger partial charge on any atom is 0.207 e. The lowest BCUT2D eigenvalue weighted by molar-refractivity contribution is 0.885. The molecule has 0 fully saturated rings. The summed E-state index contributed by atoms with van der Waals surface area (Å²) in [6, 6.07) is 40.8. The van der Waals surface area contributed by atoms with E-state index in [1.165, 1.54) is 21.6 Å². The van der Waals surface area contributed by atoms with E-state index in [-0.39, 0.29) is 0 Å². The van der Waals surface area contributed by atoms with Crippen molar-refractivity contribution in [2.75, 3.05) is 0 Å². The second-order valence-corrected chi connectivity index (χ2v) is 14.8. The molecule has 8 aromatic rings. The summed E-state index contributed by atoms with van der Waals surface area (Å²) in [6.45, 7) is 4.05. The van der Waals surface area contributed by atoms with Crippen molar-refractivity contribution >= 4 is 44.3 Å². The van der Waals surface area contributed by atoms with E-state index in [0.717, 1.165) is 75.6 Å². The Bertz CT molecular complexity index is 2150. The van der Waals surface area contributed by atoms with E-state index in [4.69, 9.17) is 30.4 Å². The zero-order chi connectivity index (χ0) is 32.5. The van der Waals surface area contributed by atoms with Crippen LogP contribution in [0.3, 0.4) is 0 Å². The van der Waals surface area contributed by atoms with Gasteiger partial charge in [0.25, 0.3) is 0 Å². The van der Waals surface area contributed by atoms with E-state index in [0.29, 0.717) is 0 Å². The molecule has 234 valence electrons. The predicted molar refractivity (Wildman–Crippen MR) is 197 cm³/mol. The Morgan fingerprint density at radius 1 is 0.458 bits per heavy atom. The summed E-state index contributed by atoms with van der Waals surface area (Å²) in [4.78, 5) is 11.8. The molecule has 0 atom stereocenters. The Morgan fingerprint density at radius 2 is 0.812 bits per heavy atom. The molecule has 4 aromatic carbocycles. The van der Waals surface area contributed by atoms with Crippen LogP contribution < -0.4 is 0 Å². The Balaban J connectivity index is 1.18. The minimum atomic E-state index is 0.722. The number of para-hydroxylation sites is 2. The summed E-state index contributed by atoms with van der Waals surface area (Å²) < 4.78 is 4.19. The number of aromatic nitrogens is 8. The van der Waals surface area contributed by atoms with Gasteiger partial charge in [-0.2, -0.15) is 0 Å². The van der Waals surface area contributed by atoms with Crippen molar-refractivity contribution in [1.29, 1.82) is 0 Å². The van der Waals surface area contributed by atoms with Crippen LogP contribution >= 0.6 is 44.3 Å². The van der Waals surface area contributed by atoms with E-state index < -0.39 is 0 Å². The lowest BCUT2D eigenvalue weighted by Crippen LogP contribution is -2.00. The number of hydrogen-bond donors (Lipinski definition) is 0. The van der Waals surface area contributed by atoms with E-state index >= 15 is 0 Å². The Morgan fingerprint density at radius 3 is 1.19 bits per heavy atom. The van der Waals surface area contributed by atoms with Gasteiger partial charge >= 0.3 is 0 Å². The Labute approximate surface area is 293 Å². The second kappa shape index (κ2) is 13.3. The third-order valence-corrected chi connectivity index (χ3v) is 12.0. The molecule has 8 rings (SSSR count). The van der Waals surface area contributed by atoms with Crippen LogP contribution in [0.2, 0.25) is 0 Å². The number of thiazole rings is 2. The highest BCUT2D eigenvalue weighted by atomic mass is 33.1. The van der Waals surface area contributed by atoms with Gasteiger partial charge < -0.3 is 0 Å².